The molecular formula is C7H10O6. The zero-order valence-corrected chi connectivity index (χ0v) is 7.27. The first-order chi connectivity index (χ1) is 5.91. The zero-order chi connectivity index (χ0) is 10.4. The second-order valence-corrected chi connectivity index (χ2v) is 2.25. The van der Waals surface area contributed by atoms with Gasteiger partial charge in [-0.2, -0.15) is 0 Å². The summed E-state index contributed by atoms with van der Waals surface area (Å²) in [5.74, 6) is -2.62. The van der Waals surface area contributed by atoms with E-state index in [9.17, 15) is 14.4 Å². The number of rotatable bonds is 4. The number of ether oxygens (including phenoxy) is 2. The minimum absolute atomic E-state index is 0.556. The third kappa shape index (κ3) is 6.79. The van der Waals surface area contributed by atoms with E-state index in [2.05, 4.69) is 9.47 Å². The van der Waals surface area contributed by atoms with E-state index in [1.165, 1.54) is 0 Å². The molecule has 6 nitrogen and oxygen atoms in total. The quantitative estimate of drug-likeness (QED) is 0.492. The fourth-order valence-electron chi connectivity index (χ4n) is 0.620. The molecule has 0 aliphatic heterocycles. The first-order valence-corrected chi connectivity index (χ1v) is 3.48. The van der Waals surface area contributed by atoms with Crippen LogP contribution in [0.2, 0.25) is 0 Å². The fourth-order valence-corrected chi connectivity index (χ4v) is 0.620. The molecule has 0 amide bonds. The lowest BCUT2D eigenvalue weighted by Crippen LogP contribution is -2.25. The van der Waals surface area contributed by atoms with E-state index in [4.69, 9.17) is 5.11 Å². The van der Waals surface area contributed by atoms with Gasteiger partial charge in [0.25, 0.3) is 6.29 Å². The summed E-state index contributed by atoms with van der Waals surface area (Å²) in [5, 5.41) is 8.33. The van der Waals surface area contributed by atoms with Crippen molar-refractivity contribution in [3.63, 3.8) is 0 Å². The molecule has 0 aromatic heterocycles. The molecule has 0 spiro atoms. The lowest BCUT2D eigenvalue weighted by Gasteiger charge is -2.13. The van der Waals surface area contributed by atoms with Gasteiger partial charge >= 0.3 is 17.9 Å². The molecule has 0 fully saturated rings. The number of carbonyl (C=O) groups excluding carboxylic acids is 2. The van der Waals surface area contributed by atoms with Crippen LogP contribution in [-0.2, 0) is 23.9 Å². The van der Waals surface area contributed by atoms with Gasteiger partial charge in [0.05, 0.1) is 0 Å². The predicted molar refractivity (Wildman–Crippen MR) is 39.6 cm³/mol. The fraction of sp³-hybridized carbons (Fsp3) is 0.571. The van der Waals surface area contributed by atoms with Crippen LogP contribution < -0.4 is 0 Å². The summed E-state index contributed by atoms with van der Waals surface area (Å²) in [6.45, 7) is 2.19. The highest BCUT2D eigenvalue weighted by molar-refractivity contribution is 5.71. The lowest BCUT2D eigenvalue weighted by atomic mass is 10.4. The standard InChI is InChI=1S/C7H10O6/c1-4(8)12-7(3-6(10)11)13-5(2)9/h7H,3H2,1-2H3,(H,10,11). The summed E-state index contributed by atoms with van der Waals surface area (Å²) in [7, 11) is 0. The Kier molecular flexibility index (Phi) is 4.50. The van der Waals surface area contributed by atoms with Crippen molar-refractivity contribution in [1.29, 1.82) is 0 Å². The summed E-state index contributed by atoms with van der Waals surface area (Å²) in [6, 6.07) is 0. The van der Waals surface area contributed by atoms with Crippen LogP contribution in [0.3, 0.4) is 0 Å². The number of esters is 2. The molecule has 0 rings (SSSR count). The second kappa shape index (κ2) is 5.13. The molecule has 0 saturated carbocycles. The molecule has 0 aliphatic carbocycles. The third-order valence-corrected chi connectivity index (χ3v) is 0.936. The van der Waals surface area contributed by atoms with Crippen molar-refractivity contribution in [1.82, 2.24) is 0 Å². The molecule has 0 unspecified atom stereocenters. The van der Waals surface area contributed by atoms with Crippen LogP contribution in [0.5, 0.6) is 0 Å². The second-order valence-electron chi connectivity index (χ2n) is 2.25. The van der Waals surface area contributed by atoms with Crippen molar-refractivity contribution in [2.45, 2.75) is 26.6 Å². The van der Waals surface area contributed by atoms with Crippen LogP contribution in [0.25, 0.3) is 0 Å². The number of hydrogen-bond donors (Lipinski definition) is 1. The van der Waals surface area contributed by atoms with E-state index < -0.39 is 30.6 Å². The Bertz CT molecular complexity index is 183. The third-order valence-electron chi connectivity index (χ3n) is 0.936. The molecule has 0 aromatic rings. The van der Waals surface area contributed by atoms with Gasteiger partial charge in [0.1, 0.15) is 6.42 Å². The Balaban J connectivity index is 4.10. The van der Waals surface area contributed by atoms with Crippen LogP contribution >= 0.6 is 0 Å². The highest BCUT2D eigenvalue weighted by Crippen LogP contribution is 2.01. The average molecular weight is 190 g/mol. The topological polar surface area (TPSA) is 89.9 Å². The van der Waals surface area contributed by atoms with Crippen LogP contribution in [0.15, 0.2) is 0 Å². The number of aliphatic carboxylic acids is 1. The molecule has 0 radical (unpaired) electrons. The number of carboxylic acids is 1. The van der Waals surface area contributed by atoms with E-state index in [-0.39, 0.29) is 0 Å². The number of hydrogen-bond acceptors (Lipinski definition) is 5. The summed E-state index contributed by atoms with van der Waals surface area (Å²) < 4.78 is 8.82. The zero-order valence-electron chi connectivity index (χ0n) is 7.27. The van der Waals surface area contributed by atoms with Gasteiger partial charge in [0.2, 0.25) is 0 Å². The van der Waals surface area contributed by atoms with Gasteiger partial charge in [-0.1, -0.05) is 0 Å². The molecular weight excluding hydrogens is 180 g/mol. The van der Waals surface area contributed by atoms with Crippen LogP contribution in [0.4, 0.5) is 0 Å². The Morgan fingerprint density at radius 3 is 1.77 bits per heavy atom. The van der Waals surface area contributed by atoms with E-state index in [0.717, 1.165) is 13.8 Å². The summed E-state index contributed by atoms with van der Waals surface area (Å²) in [4.78, 5) is 31.0. The number of carboxylic acid groups (broad SMARTS) is 1. The molecule has 6 heteroatoms. The predicted octanol–water partition coefficient (Wildman–Crippen LogP) is -0.0866. The number of carbonyl (C=O) groups is 3. The Labute approximate surface area is 74.4 Å². The van der Waals surface area contributed by atoms with Gasteiger partial charge in [-0.3, -0.25) is 14.4 Å². The Morgan fingerprint density at radius 2 is 1.54 bits per heavy atom. The molecule has 74 valence electrons. The van der Waals surface area contributed by atoms with E-state index in [1.807, 2.05) is 0 Å². The first kappa shape index (κ1) is 11.4. The van der Waals surface area contributed by atoms with Crippen molar-refractivity contribution in [3.05, 3.63) is 0 Å². The minimum Gasteiger partial charge on any atom is -0.481 e. The van der Waals surface area contributed by atoms with Gasteiger partial charge < -0.3 is 14.6 Å². The van der Waals surface area contributed by atoms with Crippen LogP contribution in [0, 0.1) is 0 Å². The van der Waals surface area contributed by atoms with Gasteiger partial charge in [-0.05, 0) is 0 Å². The smallest absolute Gasteiger partial charge is 0.310 e. The molecule has 0 bridgehead atoms. The molecule has 1 N–H and O–H groups in total. The Morgan fingerprint density at radius 1 is 1.15 bits per heavy atom. The first-order valence-electron chi connectivity index (χ1n) is 3.48. The van der Waals surface area contributed by atoms with Gasteiger partial charge in [0, 0.05) is 13.8 Å². The van der Waals surface area contributed by atoms with Crippen molar-refractivity contribution in [2.75, 3.05) is 0 Å². The normalized spacial score (nSPS) is 9.46. The van der Waals surface area contributed by atoms with Crippen molar-refractivity contribution in [3.8, 4) is 0 Å². The summed E-state index contributed by atoms with van der Waals surface area (Å²) >= 11 is 0. The van der Waals surface area contributed by atoms with Crippen molar-refractivity contribution in [2.24, 2.45) is 0 Å². The molecule has 0 aromatic carbocycles. The SMILES string of the molecule is CC(=O)OC(CC(=O)O)OC(C)=O. The monoisotopic (exact) mass is 190 g/mol. The molecule has 0 heterocycles. The highest BCUT2D eigenvalue weighted by Gasteiger charge is 2.18. The van der Waals surface area contributed by atoms with E-state index in [0.29, 0.717) is 0 Å². The minimum atomic E-state index is -1.34. The molecule has 13 heavy (non-hydrogen) atoms. The van der Waals surface area contributed by atoms with E-state index in [1.54, 1.807) is 0 Å². The van der Waals surface area contributed by atoms with Gasteiger partial charge in [-0.25, -0.2) is 0 Å². The maximum Gasteiger partial charge on any atom is 0.310 e. The largest absolute Gasteiger partial charge is 0.481 e. The highest BCUT2D eigenvalue weighted by atomic mass is 16.7. The van der Waals surface area contributed by atoms with Gasteiger partial charge in [0.15, 0.2) is 0 Å². The molecule has 0 atom stereocenters. The maximum absolute atomic E-state index is 10.4. The van der Waals surface area contributed by atoms with Gasteiger partial charge in [-0.15, -0.1) is 0 Å². The average Bonchev–Trinajstić information content (AvgIpc) is 1.80. The maximum atomic E-state index is 10.4. The van der Waals surface area contributed by atoms with E-state index >= 15 is 0 Å². The van der Waals surface area contributed by atoms with Crippen molar-refractivity contribution < 1.29 is 29.0 Å². The Hall–Kier alpha value is -1.59. The summed E-state index contributed by atoms with van der Waals surface area (Å²) in [6.07, 6.45) is -1.90. The van der Waals surface area contributed by atoms with Crippen LogP contribution in [-0.4, -0.2) is 29.3 Å². The molecule has 0 aliphatic rings. The lowest BCUT2D eigenvalue weighted by molar-refractivity contribution is -0.188. The van der Waals surface area contributed by atoms with Crippen LogP contribution in [0.1, 0.15) is 20.3 Å². The molecule has 0 saturated heterocycles. The summed E-state index contributed by atoms with van der Waals surface area (Å²) in [5.41, 5.74) is 0. The van der Waals surface area contributed by atoms with Crippen molar-refractivity contribution >= 4 is 17.9 Å².